The van der Waals surface area contributed by atoms with Crippen molar-refractivity contribution < 1.29 is 0 Å². The van der Waals surface area contributed by atoms with Crippen molar-refractivity contribution >= 4 is 0 Å². The second-order valence-electron chi connectivity index (χ2n) is 5.83. The molecule has 2 saturated carbocycles. The Morgan fingerprint density at radius 3 is 2.27 bits per heavy atom. The van der Waals surface area contributed by atoms with E-state index in [0.29, 0.717) is 0 Å². The SMILES string of the molecule is CC1CCCCC1CNCC1CCCC1. The molecule has 15 heavy (non-hydrogen) atoms. The van der Waals surface area contributed by atoms with Gasteiger partial charge >= 0.3 is 0 Å². The summed E-state index contributed by atoms with van der Waals surface area (Å²) in [5.41, 5.74) is 0. The molecule has 0 radical (unpaired) electrons. The van der Waals surface area contributed by atoms with Gasteiger partial charge in [-0.05, 0) is 50.1 Å². The Hall–Kier alpha value is -0.0400. The smallest absolute Gasteiger partial charge is 0.00179 e. The molecule has 2 aliphatic rings. The van der Waals surface area contributed by atoms with Gasteiger partial charge in [-0.3, -0.25) is 0 Å². The summed E-state index contributed by atoms with van der Waals surface area (Å²) in [5, 5.41) is 3.73. The lowest BCUT2D eigenvalue weighted by Gasteiger charge is -2.29. The predicted octanol–water partition coefficient (Wildman–Crippen LogP) is 3.59. The molecule has 2 atom stereocenters. The number of rotatable bonds is 4. The van der Waals surface area contributed by atoms with Crippen LogP contribution in [0.2, 0.25) is 0 Å². The van der Waals surface area contributed by atoms with Gasteiger partial charge in [0.1, 0.15) is 0 Å². The molecule has 0 heterocycles. The fourth-order valence-corrected chi connectivity index (χ4v) is 3.38. The molecule has 0 aromatic heterocycles. The molecular formula is C14H27N. The van der Waals surface area contributed by atoms with E-state index in [-0.39, 0.29) is 0 Å². The topological polar surface area (TPSA) is 12.0 Å². The second-order valence-corrected chi connectivity index (χ2v) is 5.83. The second kappa shape index (κ2) is 5.89. The summed E-state index contributed by atoms with van der Waals surface area (Å²) in [5.74, 6) is 2.94. The lowest BCUT2D eigenvalue weighted by molar-refractivity contribution is 0.244. The van der Waals surface area contributed by atoms with Crippen molar-refractivity contribution in [2.24, 2.45) is 17.8 Å². The van der Waals surface area contributed by atoms with E-state index < -0.39 is 0 Å². The van der Waals surface area contributed by atoms with E-state index in [2.05, 4.69) is 12.2 Å². The molecule has 1 heteroatoms. The van der Waals surface area contributed by atoms with Gasteiger partial charge in [0.2, 0.25) is 0 Å². The third-order valence-electron chi connectivity index (χ3n) is 4.60. The van der Waals surface area contributed by atoms with Crippen LogP contribution in [0.25, 0.3) is 0 Å². The molecule has 0 saturated heterocycles. The van der Waals surface area contributed by atoms with E-state index in [1.807, 2.05) is 0 Å². The maximum Gasteiger partial charge on any atom is -0.00179 e. The van der Waals surface area contributed by atoms with Gasteiger partial charge in [-0.25, -0.2) is 0 Å². The quantitative estimate of drug-likeness (QED) is 0.746. The number of hydrogen-bond acceptors (Lipinski definition) is 1. The van der Waals surface area contributed by atoms with Crippen LogP contribution >= 0.6 is 0 Å². The first-order valence-corrected chi connectivity index (χ1v) is 7.07. The molecule has 0 bridgehead atoms. The summed E-state index contributed by atoms with van der Waals surface area (Å²) < 4.78 is 0. The Morgan fingerprint density at radius 2 is 1.53 bits per heavy atom. The van der Waals surface area contributed by atoms with Crippen molar-refractivity contribution in [2.75, 3.05) is 13.1 Å². The Balaban J connectivity index is 1.59. The molecule has 1 N–H and O–H groups in total. The highest BCUT2D eigenvalue weighted by molar-refractivity contribution is 4.76. The van der Waals surface area contributed by atoms with Gasteiger partial charge in [-0.15, -0.1) is 0 Å². The minimum absolute atomic E-state index is 0.967. The van der Waals surface area contributed by atoms with Crippen LogP contribution in [-0.2, 0) is 0 Å². The first-order chi connectivity index (χ1) is 7.36. The van der Waals surface area contributed by atoms with Gasteiger partial charge < -0.3 is 5.32 Å². The van der Waals surface area contributed by atoms with Crippen LogP contribution in [0.1, 0.15) is 58.3 Å². The van der Waals surface area contributed by atoms with Crippen molar-refractivity contribution in [3.63, 3.8) is 0 Å². The van der Waals surface area contributed by atoms with Crippen molar-refractivity contribution in [2.45, 2.75) is 58.3 Å². The Labute approximate surface area is 95.0 Å². The minimum atomic E-state index is 0.967. The zero-order valence-corrected chi connectivity index (χ0v) is 10.3. The van der Waals surface area contributed by atoms with E-state index in [9.17, 15) is 0 Å². The molecule has 2 aliphatic carbocycles. The zero-order chi connectivity index (χ0) is 10.5. The van der Waals surface area contributed by atoms with E-state index >= 15 is 0 Å². The van der Waals surface area contributed by atoms with Crippen LogP contribution in [-0.4, -0.2) is 13.1 Å². The van der Waals surface area contributed by atoms with Gasteiger partial charge in [-0.2, -0.15) is 0 Å². The lowest BCUT2D eigenvalue weighted by Crippen LogP contribution is -2.31. The molecule has 2 fully saturated rings. The van der Waals surface area contributed by atoms with Crippen LogP contribution in [0.4, 0.5) is 0 Å². The van der Waals surface area contributed by atoms with Crippen molar-refractivity contribution in [1.82, 2.24) is 5.32 Å². The van der Waals surface area contributed by atoms with Gasteiger partial charge in [0, 0.05) is 0 Å². The lowest BCUT2D eigenvalue weighted by atomic mass is 9.80. The number of nitrogens with one attached hydrogen (secondary N) is 1. The van der Waals surface area contributed by atoms with Crippen molar-refractivity contribution in [3.8, 4) is 0 Å². The fourth-order valence-electron chi connectivity index (χ4n) is 3.38. The molecule has 0 aromatic rings. The third kappa shape index (κ3) is 3.48. The average molecular weight is 209 g/mol. The van der Waals surface area contributed by atoms with Crippen LogP contribution in [0.15, 0.2) is 0 Å². The van der Waals surface area contributed by atoms with Gasteiger partial charge in [0.05, 0.1) is 0 Å². The normalized spacial score (nSPS) is 33.4. The Bertz CT molecular complexity index is 172. The van der Waals surface area contributed by atoms with E-state index in [0.717, 1.165) is 17.8 Å². The molecule has 2 unspecified atom stereocenters. The van der Waals surface area contributed by atoms with Crippen LogP contribution in [0, 0.1) is 17.8 Å². The highest BCUT2D eigenvalue weighted by Crippen LogP contribution is 2.29. The first-order valence-electron chi connectivity index (χ1n) is 7.07. The average Bonchev–Trinajstić information content (AvgIpc) is 2.74. The molecule has 0 aromatic carbocycles. The molecule has 2 rings (SSSR count). The highest BCUT2D eigenvalue weighted by Gasteiger charge is 2.21. The standard InChI is InChI=1S/C14H27N/c1-12-6-2-5-9-14(12)11-15-10-13-7-3-4-8-13/h12-15H,2-11H2,1H3. The molecule has 0 amide bonds. The predicted molar refractivity (Wildman–Crippen MR) is 65.9 cm³/mol. The maximum atomic E-state index is 3.73. The van der Waals surface area contributed by atoms with Crippen LogP contribution in [0.3, 0.4) is 0 Å². The minimum Gasteiger partial charge on any atom is -0.316 e. The molecule has 88 valence electrons. The van der Waals surface area contributed by atoms with E-state index in [4.69, 9.17) is 0 Å². The largest absolute Gasteiger partial charge is 0.316 e. The zero-order valence-electron chi connectivity index (χ0n) is 10.3. The summed E-state index contributed by atoms with van der Waals surface area (Å²) in [7, 11) is 0. The van der Waals surface area contributed by atoms with Crippen LogP contribution in [0.5, 0.6) is 0 Å². The first kappa shape index (κ1) is 11.4. The van der Waals surface area contributed by atoms with Crippen molar-refractivity contribution in [1.29, 1.82) is 0 Å². The van der Waals surface area contributed by atoms with E-state index in [1.165, 1.54) is 64.5 Å². The summed E-state index contributed by atoms with van der Waals surface area (Å²) >= 11 is 0. The molecule has 0 aliphatic heterocycles. The van der Waals surface area contributed by atoms with Gasteiger partial charge in [0.25, 0.3) is 0 Å². The van der Waals surface area contributed by atoms with Crippen LogP contribution < -0.4 is 5.32 Å². The number of hydrogen-bond donors (Lipinski definition) is 1. The van der Waals surface area contributed by atoms with Crippen molar-refractivity contribution in [3.05, 3.63) is 0 Å². The van der Waals surface area contributed by atoms with Gasteiger partial charge in [-0.1, -0.05) is 39.0 Å². The molecule has 0 spiro atoms. The Morgan fingerprint density at radius 1 is 0.867 bits per heavy atom. The maximum absolute atomic E-state index is 3.73. The van der Waals surface area contributed by atoms with E-state index in [1.54, 1.807) is 0 Å². The highest BCUT2D eigenvalue weighted by atomic mass is 14.9. The summed E-state index contributed by atoms with van der Waals surface area (Å²) in [4.78, 5) is 0. The summed E-state index contributed by atoms with van der Waals surface area (Å²) in [6.45, 7) is 5.03. The van der Waals surface area contributed by atoms with Gasteiger partial charge in [0.15, 0.2) is 0 Å². The molecular weight excluding hydrogens is 182 g/mol. The summed E-state index contributed by atoms with van der Waals surface area (Å²) in [6, 6.07) is 0. The monoisotopic (exact) mass is 209 g/mol. The third-order valence-corrected chi connectivity index (χ3v) is 4.60. The summed E-state index contributed by atoms with van der Waals surface area (Å²) in [6.07, 6.45) is 11.8. The Kier molecular flexibility index (Phi) is 4.49. The fraction of sp³-hybridized carbons (Fsp3) is 1.00. The molecule has 1 nitrogen and oxygen atoms in total.